The third-order valence-corrected chi connectivity index (χ3v) is 3.37. The summed E-state index contributed by atoms with van der Waals surface area (Å²) < 4.78 is 4.86. The first-order valence-electron chi connectivity index (χ1n) is 6.55. The van der Waals surface area contributed by atoms with Crippen molar-refractivity contribution < 1.29 is 9.53 Å². The molecular formula is C13H22N2O2S. The lowest BCUT2D eigenvalue weighted by atomic mass is 10.3. The molecule has 1 aromatic rings. The number of nitrogens with one attached hydrogen (secondary N) is 1. The SMILES string of the molecule is CCCc1nc(CNCCCC(=O)OCC)cs1. The van der Waals surface area contributed by atoms with Gasteiger partial charge in [-0.1, -0.05) is 6.92 Å². The summed E-state index contributed by atoms with van der Waals surface area (Å²) in [6, 6.07) is 0. The van der Waals surface area contributed by atoms with Crippen LogP contribution in [0.3, 0.4) is 0 Å². The third kappa shape index (κ3) is 6.12. The third-order valence-electron chi connectivity index (χ3n) is 2.41. The summed E-state index contributed by atoms with van der Waals surface area (Å²) in [7, 11) is 0. The van der Waals surface area contributed by atoms with E-state index in [0.29, 0.717) is 13.0 Å². The van der Waals surface area contributed by atoms with Gasteiger partial charge in [0.05, 0.1) is 17.3 Å². The molecule has 1 rings (SSSR count). The average Bonchev–Trinajstić information content (AvgIpc) is 2.77. The fraction of sp³-hybridized carbons (Fsp3) is 0.692. The predicted octanol–water partition coefficient (Wildman–Crippen LogP) is 2.53. The second-order valence-corrected chi connectivity index (χ2v) is 5.01. The second-order valence-electron chi connectivity index (χ2n) is 4.07. The summed E-state index contributed by atoms with van der Waals surface area (Å²) in [5.74, 6) is -0.113. The van der Waals surface area contributed by atoms with Crippen LogP contribution in [0.5, 0.6) is 0 Å². The van der Waals surface area contributed by atoms with E-state index in [-0.39, 0.29) is 5.97 Å². The van der Waals surface area contributed by atoms with E-state index in [1.807, 2.05) is 6.92 Å². The molecule has 1 N–H and O–H groups in total. The van der Waals surface area contributed by atoms with Crippen LogP contribution < -0.4 is 5.32 Å². The molecule has 0 amide bonds. The number of carbonyl (C=O) groups excluding carboxylic acids is 1. The van der Waals surface area contributed by atoms with Gasteiger partial charge >= 0.3 is 5.97 Å². The maximum absolute atomic E-state index is 11.1. The molecule has 0 aromatic carbocycles. The number of ether oxygens (including phenoxy) is 1. The van der Waals surface area contributed by atoms with Gasteiger partial charge in [0, 0.05) is 18.3 Å². The molecule has 102 valence electrons. The summed E-state index contributed by atoms with van der Waals surface area (Å²) in [4.78, 5) is 15.6. The molecule has 0 aliphatic carbocycles. The summed E-state index contributed by atoms with van der Waals surface area (Å²) in [5.41, 5.74) is 1.10. The Hall–Kier alpha value is -0.940. The largest absolute Gasteiger partial charge is 0.466 e. The van der Waals surface area contributed by atoms with Crippen molar-refractivity contribution in [3.05, 3.63) is 16.1 Å². The van der Waals surface area contributed by atoms with Gasteiger partial charge in [-0.25, -0.2) is 4.98 Å². The number of thiazole rings is 1. The number of aryl methyl sites for hydroxylation is 1. The summed E-state index contributed by atoms with van der Waals surface area (Å²) in [6.07, 6.45) is 3.50. The molecule has 18 heavy (non-hydrogen) atoms. The molecule has 0 saturated heterocycles. The lowest BCUT2D eigenvalue weighted by Gasteiger charge is -2.03. The first kappa shape index (κ1) is 15.1. The minimum absolute atomic E-state index is 0.113. The van der Waals surface area contributed by atoms with Crippen LogP contribution in [0.25, 0.3) is 0 Å². The van der Waals surface area contributed by atoms with E-state index in [2.05, 4.69) is 22.6 Å². The molecule has 4 nitrogen and oxygen atoms in total. The number of hydrogen-bond donors (Lipinski definition) is 1. The number of esters is 1. The monoisotopic (exact) mass is 270 g/mol. The number of nitrogens with zero attached hydrogens (tertiary/aromatic N) is 1. The van der Waals surface area contributed by atoms with Crippen molar-refractivity contribution in [1.82, 2.24) is 10.3 Å². The van der Waals surface area contributed by atoms with Gasteiger partial charge in [-0.15, -0.1) is 11.3 Å². The van der Waals surface area contributed by atoms with E-state index in [0.717, 1.165) is 38.0 Å². The quantitative estimate of drug-likeness (QED) is 0.553. The Kier molecular flexibility index (Phi) is 7.60. The van der Waals surface area contributed by atoms with Crippen molar-refractivity contribution >= 4 is 17.3 Å². The number of hydrogen-bond acceptors (Lipinski definition) is 5. The zero-order chi connectivity index (χ0) is 13.2. The van der Waals surface area contributed by atoms with Crippen LogP contribution in [-0.4, -0.2) is 24.1 Å². The van der Waals surface area contributed by atoms with Crippen molar-refractivity contribution in [2.75, 3.05) is 13.2 Å². The predicted molar refractivity (Wildman–Crippen MR) is 73.7 cm³/mol. The highest BCUT2D eigenvalue weighted by molar-refractivity contribution is 7.09. The Balaban J connectivity index is 2.08. The van der Waals surface area contributed by atoms with E-state index in [1.165, 1.54) is 5.01 Å². The maximum atomic E-state index is 11.1. The van der Waals surface area contributed by atoms with Gasteiger partial charge in [-0.2, -0.15) is 0 Å². The fourth-order valence-electron chi connectivity index (χ4n) is 1.57. The Labute approximate surface area is 113 Å². The molecule has 0 saturated carbocycles. The van der Waals surface area contributed by atoms with Crippen LogP contribution in [0.2, 0.25) is 0 Å². The smallest absolute Gasteiger partial charge is 0.305 e. The van der Waals surface area contributed by atoms with E-state index >= 15 is 0 Å². The van der Waals surface area contributed by atoms with Crippen LogP contribution in [0, 0.1) is 0 Å². The molecular weight excluding hydrogens is 248 g/mol. The van der Waals surface area contributed by atoms with Gasteiger partial charge < -0.3 is 10.1 Å². The standard InChI is InChI=1S/C13H22N2O2S/c1-3-6-12-15-11(10-18-12)9-14-8-5-7-13(16)17-4-2/h10,14H,3-9H2,1-2H3. The van der Waals surface area contributed by atoms with E-state index in [1.54, 1.807) is 11.3 Å². The second kappa shape index (κ2) is 9.05. The number of carbonyl (C=O) groups is 1. The van der Waals surface area contributed by atoms with Crippen molar-refractivity contribution in [3.8, 4) is 0 Å². The molecule has 1 heterocycles. The van der Waals surface area contributed by atoms with Crippen LogP contribution >= 0.6 is 11.3 Å². The van der Waals surface area contributed by atoms with Crippen LogP contribution in [-0.2, 0) is 22.5 Å². The minimum atomic E-state index is -0.113. The van der Waals surface area contributed by atoms with E-state index in [9.17, 15) is 4.79 Å². The summed E-state index contributed by atoms with van der Waals surface area (Å²) in [6.45, 7) is 6.05. The van der Waals surface area contributed by atoms with E-state index < -0.39 is 0 Å². The molecule has 0 bridgehead atoms. The summed E-state index contributed by atoms with van der Waals surface area (Å²) >= 11 is 1.72. The minimum Gasteiger partial charge on any atom is -0.466 e. The van der Waals surface area contributed by atoms with Gasteiger partial charge in [0.15, 0.2) is 0 Å². The molecule has 0 spiro atoms. The first-order valence-corrected chi connectivity index (χ1v) is 7.43. The summed E-state index contributed by atoms with van der Waals surface area (Å²) in [5, 5.41) is 6.60. The van der Waals surface area contributed by atoms with Crippen LogP contribution in [0.1, 0.15) is 43.8 Å². The molecule has 0 fully saturated rings. The topological polar surface area (TPSA) is 51.2 Å². The highest BCUT2D eigenvalue weighted by Crippen LogP contribution is 2.11. The molecule has 0 atom stereocenters. The molecule has 5 heteroatoms. The van der Waals surface area contributed by atoms with Gasteiger partial charge in [-0.3, -0.25) is 4.79 Å². The lowest BCUT2D eigenvalue weighted by molar-refractivity contribution is -0.143. The van der Waals surface area contributed by atoms with Gasteiger partial charge in [-0.05, 0) is 32.7 Å². The van der Waals surface area contributed by atoms with Gasteiger partial charge in [0.1, 0.15) is 0 Å². The number of rotatable bonds is 9. The van der Waals surface area contributed by atoms with Crippen molar-refractivity contribution in [3.63, 3.8) is 0 Å². The van der Waals surface area contributed by atoms with Gasteiger partial charge in [0.2, 0.25) is 0 Å². The van der Waals surface area contributed by atoms with Crippen LogP contribution in [0.15, 0.2) is 5.38 Å². The zero-order valence-electron chi connectivity index (χ0n) is 11.2. The van der Waals surface area contributed by atoms with Crippen molar-refractivity contribution in [2.45, 2.75) is 46.1 Å². The number of aromatic nitrogens is 1. The van der Waals surface area contributed by atoms with Crippen molar-refractivity contribution in [2.24, 2.45) is 0 Å². The first-order chi connectivity index (χ1) is 8.76. The lowest BCUT2D eigenvalue weighted by Crippen LogP contribution is -2.16. The maximum Gasteiger partial charge on any atom is 0.305 e. The van der Waals surface area contributed by atoms with E-state index in [4.69, 9.17) is 4.74 Å². The van der Waals surface area contributed by atoms with Gasteiger partial charge in [0.25, 0.3) is 0 Å². The molecule has 0 radical (unpaired) electrons. The Morgan fingerprint density at radius 2 is 2.33 bits per heavy atom. The highest BCUT2D eigenvalue weighted by atomic mass is 32.1. The fourth-order valence-corrected chi connectivity index (χ4v) is 2.47. The normalized spacial score (nSPS) is 10.6. The highest BCUT2D eigenvalue weighted by Gasteiger charge is 2.02. The Bertz CT molecular complexity index is 353. The Morgan fingerprint density at radius 1 is 1.50 bits per heavy atom. The zero-order valence-corrected chi connectivity index (χ0v) is 12.0. The molecule has 1 aromatic heterocycles. The average molecular weight is 270 g/mol. The molecule has 0 aliphatic heterocycles. The molecule has 0 aliphatic rings. The van der Waals surface area contributed by atoms with Crippen molar-refractivity contribution in [1.29, 1.82) is 0 Å². The molecule has 0 unspecified atom stereocenters. The van der Waals surface area contributed by atoms with Crippen LogP contribution in [0.4, 0.5) is 0 Å². The Morgan fingerprint density at radius 3 is 3.06 bits per heavy atom.